The first-order chi connectivity index (χ1) is 18.7. The standard InChI is InChI=1S/C26H30F3N5O4S2/c1-16(2)14-39-22-11-10-20(40(36,37)34(5)38-25(35)26(27,28)29)12-21(22)33-24-13-23(30-15-31-24)32-19-8-6-18(7-9-19)17(3)4/h6-13,15-17H,14H2,1-5H3,(H2,30,31,32,33). The minimum absolute atomic E-state index is 0.111. The number of nitrogens with zero attached hydrogens (tertiary/aromatic N) is 3. The Morgan fingerprint density at radius 2 is 1.62 bits per heavy atom. The molecule has 0 radical (unpaired) electrons. The molecular formula is C26H30F3N5O4S2. The molecule has 40 heavy (non-hydrogen) atoms. The molecule has 0 atom stereocenters. The van der Waals surface area contributed by atoms with Crippen LogP contribution < -0.4 is 10.6 Å². The van der Waals surface area contributed by atoms with Gasteiger partial charge in [0, 0.05) is 29.4 Å². The molecule has 1 aromatic heterocycles. The Hall–Kier alpha value is -3.36. The van der Waals surface area contributed by atoms with Crippen LogP contribution in [0.4, 0.5) is 36.2 Å². The highest BCUT2D eigenvalue weighted by Crippen LogP contribution is 2.34. The summed E-state index contributed by atoms with van der Waals surface area (Å²) in [6.45, 7) is 8.26. The van der Waals surface area contributed by atoms with Crippen LogP contribution in [0.3, 0.4) is 0 Å². The van der Waals surface area contributed by atoms with Crippen molar-refractivity contribution >= 4 is 50.8 Å². The summed E-state index contributed by atoms with van der Waals surface area (Å²) in [5.41, 5.74) is 2.34. The monoisotopic (exact) mass is 597 g/mol. The third-order valence-electron chi connectivity index (χ3n) is 5.38. The number of hydrogen-bond donors (Lipinski definition) is 2. The molecule has 2 aromatic carbocycles. The Morgan fingerprint density at radius 3 is 2.20 bits per heavy atom. The van der Waals surface area contributed by atoms with Crippen molar-refractivity contribution in [2.45, 2.75) is 49.6 Å². The number of aromatic nitrogens is 2. The van der Waals surface area contributed by atoms with Gasteiger partial charge in [0.15, 0.2) is 0 Å². The Labute approximate surface area is 235 Å². The SMILES string of the molecule is CC(C)CSc1ccc(S(=O)(=O)N(C)OC(=O)C(F)(F)F)cc1Nc1cc(Nc2ccc(C(C)C)cc2)ncn1. The summed E-state index contributed by atoms with van der Waals surface area (Å²) < 4.78 is 63.5. The van der Waals surface area contributed by atoms with E-state index in [4.69, 9.17) is 0 Å². The number of alkyl halides is 3. The first-order valence-electron chi connectivity index (χ1n) is 12.2. The van der Waals surface area contributed by atoms with Gasteiger partial charge in [0.2, 0.25) is 0 Å². The van der Waals surface area contributed by atoms with Crippen molar-refractivity contribution in [3.63, 3.8) is 0 Å². The molecule has 0 aliphatic carbocycles. The van der Waals surface area contributed by atoms with E-state index in [9.17, 15) is 26.4 Å². The molecule has 0 fully saturated rings. The summed E-state index contributed by atoms with van der Waals surface area (Å²) in [7, 11) is -3.91. The number of carbonyl (C=O) groups excluding carboxylic acids is 1. The maximum atomic E-state index is 12.9. The number of thioether (sulfide) groups is 1. The summed E-state index contributed by atoms with van der Waals surface area (Å²) >= 11 is 1.46. The van der Waals surface area contributed by atoms with E-state index in [0.29, 0.717) is 46.9 Å². The van der Waals surface area contributed by atoms with Crippen molar-refractivity contribution in [2.75, 3.05) is 23.4 Å². The molecule has 2 N–H and O–H groups in total. The van der Waals surface area contributed by atoms with Crippen molar-refractivity contribution < 1.29 is 31.2 Å². The second-order valence-electron chi connectivity index (χ2n) is 9.47. The first-order valence-corrected chi connectivity index (χ1v) is 14.6. The number of nitrogens with one attached hydrogen (secondary N) is 2. The van der Waals surface area contributed by atoms with E-state index < -0.39 is 22.2 Å². The van der Waals surface area contributed by atoms with Gasteiger partial charge < -0.3 is 15.5 Å². The lowest BCUT2D eigenvalue weighted by atomic mass is 10.0. The Balaban J connectivity index is 1.89. The Bertz CT molecular complexity index is 1430. The fraction of sp³-hybridized carbons (Fsp3) is 0.346. The summed E-state index contributed by atoms with van der Waals surface area (Å²) in [4.78, 5) is 23.9. The molecule has 3 rings (SSSR count). The smallest absolute Gasteiger partial charge is 0.345 e. The van der Waals surface area contributed by atoms with Crippen molar-refractivity contribution in [1.82, 2.24) is 14.4 Å². The summed E-state index contributed by atoms with van der Waals surface area (Å²) in [6.07, 6.45) is -4.03. The average Bonchev–Trinajstić information content (AvgIpc) is 2.87. The topological polar surface area (TPSA) is 114 Å². The lowest BCUT2D eigenvalue weighted by molar-refractivity contribution is -0.219. The molecule has 0 spiro atoms. The molecule has 0 saturated heterocycles. The van der Waals surface area contributed by atoms with E-state index in [2.05, 4.69) is 39.3 Å². The van der Waals surface area contributed by atoms with Gasteiger partial charge in [-0.25, -0.2) is 23.2 Å². The number of hydroxylamine groups is 1. The van der Waals surface area contributed by atoms with Crippen LogP contribution in [-0.2, 0) is 19.7 Å². The lowest BCUT2D eigenvalue weighted by Crippen LogP contribution is -2.36. The predicted molar refractivity (Wildman–Crippen MR) is 148 cm³/mol. The van der Waals surface area contributed by atoms with Crippen LogP contribution in [0.25, 0.3) is 0 Å². The highest BCUT2D eigenvalue weighted by Gasteiger charge is 2.43. The lowest BCUT2D eigenvalue weighted by Gasteiger charge is -2.19. The number of hydrogen-bond acceptors (Lipinski definition) is 9. The van der Waals surface area contributed by atoms with Crippen LogP contribution in [0.1, 0.15) is 39.2 Å². The van der Waals surface area contributed by atoms with Crippen molar-refractivity contribution in [3.8, 4) is 0 Å². The van der Waals surface area contributed by atoms with Crippen LogP contribution in [0, 0.1) is 5.92 Å². The molecule has 0 amide bonds. The average molecular weight is 598 g/mol. The number of carbonyl (C=O) groups is 1. The largest absolute Gasteiger partial charge is 0.492 e. The number of halogens is 3. The molecule has 1 heterocycles. The molecule has 3 aromatic rings. The molecule has 14 heteroatoms. The molecule has 0 aliphatic rings. The van der Waals surface area contributed by atoms with Crippen LogP contribution in [-0.4, -0.2) is 47.8 Å². The molecule has 0 unspecified atom stereocenters. The van der Waals surface area contributed by atoms with Crippen molar-refractivity contribution in [3.05, 3.63) is 60.4 Å². The van der Waals surface area contributed by atoms with E-state index in [1.165, 1.54) is 41.9 Å². The van der Waals surface area contributed by atoms with Crippen LogP contribution in [0.2, 0.25) is 0 Å². The highest BCUT2D eigenvalue weighted by atomic mass is 32.2. The van der Waals surface area contributed by atoms with E-state index in [1.54, 1.807) is 6.07 Å². The molecule has 9 nitrogen and oxygen atoms in total. The van der Waals surface area contributed by atoms with Gasteiger partial charge in [-0.2, -0.15) is 13.2 Å². The minimum atomic E-state index is -5.36. The molecule has 216 valence electrons. The zero-order valence-electron chi connectivity index (χ0n) is 22.5. The summed E-state index contributed by atoms with van der Waals surface area (Å²) in [5.74, 6) is -0.398. The molecule has 0 saturated carbocycles. The van der Waals surface area contributed by atoms with E-state index >= 15 is 0 Å². The van der Waals surface area contributed by atoms with Gasteiger partial charge in [-0.1, -0.05) is 39.8 Å². The number of anilines is 4. The minimum Gasteiger partial charge on any atom is -0.345 e. The normalized spacial score (nSPS) is 12.2. The van der Waals surface area contributed by atoms with Gasteiger partial charge in [0.1, 0.15) is 18.0 Å². The maximum absolute atomic E-state index is 12.9. The maximum Gasteiger partial charge on any atom is 0.492 e. The second-order valence-corrected chi connectivity index (χ2v) is 12.5. The van der Waals surface area contributed by atoms with Gasteiger partial charge in [0.05, 0.1) is 10.6 Å². The fourth-order valence-electron chi connectivity index (χ4n) is 3.25. The Morgan fingerprint density at radius 1 is 1.00 bits per heavy atom. The third-order valence-corrected chi connectivity index (χ3v) is 8.48. The van der Waals surface area contributed by atoms with Crippen molar-refractivity contribution in [1.29, 1.82) is 0 Å². The molecule has 0 bridgehead atoms. The summed E-state index contributed by atoms with van der Waals surface area (Å²) in [5, 5.41) is 6.27. The molecular weight excluding hydrogens is 567 g/mol. The van der Waals surface area contributed by atoms with Gasteiger partial charge >= 0.3 is 12.1 Å². The number of sulfonamides is 1. The van der Waals surface area contributed by atoms with E-state index in [-0.39, 0.29) is 9.36 Å². The summed E-state index contributed by atoms with van der Waals surface area (Å²) in [6, 6.07) is 13.5. The third kappa shape index (κ3) is 8.32. The number of benzene rings is 2. The fourth-order valence-corrected chi connectivity index (χ4v) is 5.16. The van der Waals surface area contributed by atoms with Crippen LogP contribution >= 0.6 is 11.8 Å². The Kier molecular flexibility index (Phi) is 10.0. The second kappa shape index (κ2) is 12.9. The zero-order valence-corrected chi connectivity index (χ0v) is 24.1. The molecule has 0 aliphatic heterocycles. The van der Waals surface area contributed by atoms with Gasteiger partial charge in [-0.3, -0.25) is 0 Å². The first kappa shape index (κ1) is 31.2. The van der Waals surface area contributed by atoms with Crippen LogP contribution in [0.5, 0.6) is 0 Å². The van der Waals surface area contributed by atoms with E-state index in [0.717, 1.165) is 5.69 Å². The predicted octanol–water partition coefficient (Wildman–Crippen LogP) is 6.48. The van der Waals surface area contributed by atoms with Gasteiger partial charge in [0.25, 0.3) is 10.0 Å². The van der Waals surface area contributed by atoms with E-state index in [1.807, 2.05) is 38.1 Å². The zero-order chi connectivity index (χ0) is 29.7. The quantitative estimate of drug-likeness (QED) is 0.189. The van der Waals surface area contributed by atoms with Crippen LogP contribution in [0.15, 0.2) is 64.6 Å². The highest BCUT2D eigenvalue weighted by molar-refractivity contribution is 7.99. The van der Waals surface area contributed by atoms with Gasteiger partial charge in [-0.15, -0.1) is 11.8 Å². The van der Waals surface area contributed by atoms with Gasteiger partial charge in [-0.05, 0) is 52.2 Å². The van der Waals surface area contributed by atoms with Crippen molar-refractivity contribution in [2.24, 2.45) is 5.92 Å². The number of rotatable bonds is 11.